The van der Waals surface area contributed by atoms with E-state index in [0.717, 1.165) is 12.8 Å². The molecule has 1 rings (SSSR count). The maximum atomic E-state index is 10.3. The first-order valence-electron chi connectivity index (χ1n) is 4.96. The van der Waals surface area contributed by atoms with Crippen LogP contribution in [0.1, 0.15) is 40.0 Å². The maximum Gasteiger partial charge on any atom is 0.236 e. The first-order chi connectivity index (χ1) is 6.46. The SMILES string of the molecule is CC1CC(C)(C)CCC1(C#N)N=C=O. The van der Waals surface area contributed by atoms with Gasteiger partial charge in [-0.05, 0) is 30.6 Å². The minimum absolute atomic E-state index is 0.137. The van der Waals surface area contributed by atoms with E-state index in [1.54, 1.807) is 0 Å². The Labute approximate surface area is 84.8 Å². The molecule has 0 spiro atoms. The van der Waals surface area contributed by atoms with Gasteiger partial charge in [-0.15, -0.1) is 0 Å². The van der Waals surface area contributed by atoms with E-state index in [-0.39, 0.29) is 11.3 Å². The number of nitrogens with zero attached hydrogens (tertiary/aromatic N) is 2. The minimum Gasteiger partial charge on any atom is -0.211 e. The largest absolute Gasteiger partial charge is 0.236 e. The molecule has 1 aliphatic rings. The molecule has 0 heterocycles. The van der Waals surface area contributed by atoms with Crippen molar-refractivity contribution in [2.75, 3.05) is 0 Å². The van der Waals surface area contributed by atoms with Crippen molar-refractivity contribution in [2.45, 2.75) is 45.6 Å². The molecular weight excluding hydrogens is 176 g/mol. The fourth-order valence-corrected chi connectivity index (χ4v) is 2.31. The Hall–Kier alpha value is -1.13. The summed E-state index contributed by atoms with van der Waals surface area (Å²) in [5, 5.41) is 9.09. The molecule has 3 nitrogen and oxygen atoms in total. The number of hydrogen-bond acceptors (Lipinski definition) is 3. The standard InChI is InChI=1S/C11H16N2O/c1-9-6-10(2,3)4-5-11(9,7-12)13-8-14/h9H,4-6H2,1-3H3. The number of aliphatic imine (C=N–C) groups is 1. The highest BCUT2D eigenvalue weighted by molar-refractivity contribution is 5.37. The molecule has 1 fully saturated rings. The van der Waals surface area contributed by atoms with Gasteiger partial charge in [0.05, 0.1) is 6.07 Å². The van der Waals surface area contributed by atoms with Crippen molar-refractivity contribution in [3.63, 3.8) is 0 Å². The van der Waals surface area contributed by atoms with Crippen LogP contribution in [0.25, 0.3) is 0 Å². The van der Waals surface area contributed by atoms with Crippen molar-refractivity contribution in [2.24, 2.45) is 16.3 Å². The van der Waals surface area contributed by atoms with Gasteiger partial charge in [-0.25, -0.2) is 4.79 Å². The number of hydrogen-bond donors (Lipinski definition) is 0. The second-order valence-corrected chi connectivity index (χ2v) is 5.01. The van der Waals surface area contributed by atoms with Crippen LogP contribution < -0.4 is 0 Å². The lowest BCUT2D eigenvalue weighted by Crippen LogP contribution is -2.41. The van der Waals surface area contributed by atoms with Crippen molar-refractivity contribution in [3.05, 3.63) is 0 Å². The topological polar surface area (TPSA) is 53.2 Å². The van der Waals surface area contributed by atoms with E-state index < -0.39 is 5.54 Å². The van der Waals surface area contributed by atoms with Gasteiger partial charge in [-0.1, -0.05) is 20.8 Å². The molecular formula is C11H16N2O. The van der Waals surface area contributed by atoms with E-state index in [9.17, 15) is 4.79 Å². The number of nitriles is 1. The average molecular weight is 192 g/mol. The molecule has 3 heteroatoms. The zero-order valence-electron chi connectivity index (χ0n) is 9.00. The summed E-state index contributed by atoms with van der Waals surface area (Å²) in [6.45, 7) is 6.37. The molecule has 2 atom stereocenters. The summed E-state index contributed by atoms with van der Waals surface area (Å²) in [6, 6.07) is 2.18. The molecule has 1 saturated carbocycles. The first-order valence-corrected chi connectivity index (χ1v) is 4.96. The zero-order chi connectivity index (χ0) is 10.8. The Bertz CT molecular complexity index is 310. The summed E-state index contributed by atoms with van der Waals surface area (Å²) in [5.74, 6) is 0.137. The lowest BCUT2D eigenvalue weighted by molar-refractivity contribution is 0.136. The van der Waals surface area contributed by atoms with Gasteiger partial charge in [-0.3, -0.25) is 0 Å². The number of isocyanates is 1. The molecule has 2 unspecified atom stereocenters. The fourth-order valence-electron chi connectivity index (χ4n) is 2.31. The third kappa shape index (κ3) is 1.86. The average Bonchev–Trinajstić information content (AvgIpc) is 2.10. The highest BCUT2D eigenvalue weighted by atomic mass is 16.1. The summed E-state index contributed by atoms with van der Waals surface area (Å²) >= 11 is 0. The second-order valence-electron chi connectivity index (χ2n) is 5.01. The molecule has 14 heavy (non-hydrogen) atoms. The van der Waals surface area contributed by atoms with Crippen LogP contribution in [0, 0.1) is 22.7 Å². The molecule has 0 aliphatic heterocycles. The molecule has 76 valence electrons. The number of carbonyl (C=O) groups excluding carboxylic acids is 1. The Morgan fingerprint density at radius 3 is 2.50 bits per heavy atom. The molecule has 0 N–H and O–H groups in total. The van der Waals surface area contributed by atoms with Crippen molar-refractivity contribution in [3.8, 4) is 6.07 Å². The van der Waals surface area contributed by atoms with E-state index in [1.165, 1.54) is 6.08 Å². The van der Waals surface area contributed by atoms with E-state index in [1.807, 2.05) is 6.92 Å². The predicted molar refractivity (Wildman–Crippen MR) is 53.3 cm³/mol. The van der Waals surface area contributed by atoms with Crippen LogP contribution in [0.3, 0.4) is 0 Å². The van der Waals surface area contributed by atoms with Gasteiger partial charge in [0, 0.05) is 0 Å². The molecule has 0 amide bonds. The van der Waals surface area contributed by atoms with Crippen molar-refractivity contribution in [1.82, 2.24) is 0 Å². The summed E-state index contributed by atoms with van der Waals surface area (Å²) in [4.78, 5) is 14.0. The van der Waals surface area contributed by atoms with E-state index in [4.69, 9.17) is 5.26 Å². The van der Waals surface area contributed by atoms with Crippen LogP contribution in [0.5, 0.6) is 0 Å². The van der Waals surface area contributed by atoms with Crippen molar-refractivity contribution >= 4 is 6.08 Å². The van der Waals surface area contributed by atoms with Crippen LogP contribution >= 0.6 is 0 Å². The highest BCUT2D eigenvalue weighted by Crippen LogP contribution is 2.45. The van der Waals surface area contributed by atoms with Gasteiger partial charge in [0.15, 0.2) is 5.54 Å². The molecule has 1 aliphatic carbocycles. The van der Waals surface area contributed by atoms with Crippen molar-refractivity contribution < 1.29 is 4.79 Å². The van der Waals surface area contributed by atoms with Crippen LogP contribution in [0.15, 0.2) is 4.99 Å². The van der Waals surface area contributed by atoms with Gasteiger partial charge < -0.3 is 0 Å². The number of rotatable bonds is 1. The zero-order valence-corrected chi connectivity index (χ0v) is 9.00. The lowest BCUT2D eigenvalue weighted by atomic mass is 9.64. The molecule has 0 bridgehead atoms. The molecule has 0 aromatic rings. The van der Waals surface area contributed by atoms with Gasteiger partial charge in [0.25, 0.3) is 0 Å². The van der Waals surface area contributed by atoms with E-state index >= 15 is 0 Å². The van der Waals surface area contributed by atoms with E-state index in [0.29, 0.717) is 6.42 Å². The van der Waals surface area contributed by atoms with Crippen molar-refractivity contribution in [1.29, 1.82) is 5.26 Å². The van der Waals surface area contributed by atoms with Crippen LogP contribution in [0.4, 0.5) is 0 Å². The summed E-state index contributed by atoms with van der Waals surface area (Å²) in [5.41, 5.74) is -0.546. The third-order valence-electron chi connectivity index (χ3n) is 3.30. The van der Waals surface area contributed by atoms with Gasteiger partial charge in [0.2, 0.25) is 6.08 Å². The van der Waals surface area contributed by atoms with Gasteiger partial charge in [0.1, 0.15) is 0 Å². The summed E-state index contributed by atoms with van der Waals surface area (Å²) in [6.07, 6.45) is 4.09. The van der Waals surface area contributed by atoms with Crippen LogP contribution in [-0.2, 0) is 4.79 Å². The second kappa shape index (κ2) is 3.55. The van der Waals surface area contributed by atoms with Crippen LogP contribution in [0.2, 0.25) is 0 Å². The smallest absolute Gasteiger partial charge is 0.211 e. The Morgan fingerprint density at radius 1 is 1.43 bits per heavy atom. The molecule has 0 aromatic carbocycles. The maximum absolute atomic E-state index is 10.3. The minimum atomic E-state index is -0.808. The Morgan fingerprint density at radius 2 is 2.07 bits per heavy atom. The third-order valence-corrected chi connectivity index (χ3v) is 3.30. The fraction of sp³-hybridized carbons (Fsp3) is 0.818. The normalized spacial score (nSPS) is 35.4. The lowest BCUT2D eigenvalue weighted by Gasteiger charge is -2.41. The highest BCUT2D eigenvalue weighted by Gasteiger charge is 2.44. The summed E-state index contributed by atoms with van der Waals surface area (Å²) in [7, 11) is 0. The first kappa shape index (κ1) is 10.9. The van der Waals surface area contributed by atoms with Crippen LogP contribution in [-0.4, -0.2) is 11.6 Å². The van der Waals surface area contributed by atoms with Gasteiger partial charge in [-0.2, -0.15) is 10.3 Å². The molecule has 0 saturated heterocycles. The Kier molecular flexibility index (Phi) is 2.78. The monoisotopic (exact) mass is 192 g/mol. The molecule has 0 radical (unpaired) electrons. The Balaban J connectivity index is 2.94. The van der Waals surface area contributed by atoms with Gasteiger partial charge >= 0.3 is 0 Å². The quantitative estimate of drug-likeness (QED) is 0.473. The molecule has 0 aromatic heterocycles. The predicted octanol–water partition coefficient (Wildman–Crippen LogP) is 2.43. The summed E-state index contributed by atoms with van der Waals surface area (Å²) < 4.78 is 0. The van der Waals surface area contributed by atoms with E-state index in [2.05, 4.69) is 24.9 Å².